The molecule has 2 aromatic rings. The van der Waals surface area contributed by atoms with Gasteiger partial charge in [-0.05, 0) is 30.7 Å². The standard InChI is InChI=1S/C16H14Cl2FNO2/c1-2-13(22-14-9-4-3-8-12(14)19)16(21)20-15-10(17)6-5-7-11(15)18/h3-9,13H,2H2,1H3,(H,20,21)/t13-/m1/s1. The van der Waals surface area contributed by atoms with Gasteiger partial charge in [0, 0.05) is 0 Å². The first-order valence-electron chi connectivity index (χ1n) is 6.69. The molecule has 0 aliphatic carbocycles. The molecule has 0 aliphatic heterocycles. The highest BCUT2D eigenvalue weighted by atomic mass is 35.5. The topological polar surface area (TPSA) is 38.3 Å². The predicted octanol–water partition coefficient (Wildman–Crippen LogP) is 4.93. The maximum Gasteiger partial charge on any atom is 0.265 e. The lowest BCUT2D eigenvalue weighted by Crippen LogP contribution is -2.32. The molecule has 0 spiro atoms. The molecule has 0 fully saturated rings. The van der Waals surface area contributed by atoms with Crippen LogP contribution in [0, 0.1) is 5.82 Å². The predicted molar refractivity (Wildman–Crippen MR) is 86.2 cm³/mol. The first kappa shape index (κ1) is 16.6. The molecule has 0 aliphatic rings. The Hall–Kier alpha value is -1.78. The van der Waals surface area contributed by atoms with Crippen molar-refractivity contribution in [2.45, 2.75) is 19.4 Å². The van der Waals surface area contributed by atoms with E-state index < -0.39 is 17.8 Å². The van der Waals surface area contributed by atoms with Crippen molar-refractivity contribution in [2.75, 3.05) is 5.32 Å². The summed E-state index contributed by atoms with van der Waals surface area (Å²) in [6.07, 6.45) is -0.494. The van der Waals surface area contributed by atoms with Gasteiger partial charge in [0.15, 0.2) is 17.7 Å². The Bertz CT molecular complexity index is 659. The van der Waals surface area contributed by atoms with Crippen LogP contribution in [-0.2, 0) is 4.79 Å². The van der Waals surface area contributed by atoms with E-state index in [1.54, 1.807) is 37.3 Å². The van der Waals surface area contributed by atoms with Crippen molar-refractivity contribution in [3.63, 3.8) is 0 Å². The zero-order valence-electron chi connectivity index (χ0n) is 11.8. The van der Waals surface area contributed by atoms with Gasteiger partial charge in [0.1, 0.15) is 0 Å². The monoisotopic (exact) mass is 341 g/mol. The van der Waals surface area contributed by atoms with Crippen molar-refractivity contribution < 1.29 is 13.9 Å². The smallest absolute Gasteiger partial charge is 0.265 e. The number of para-hydroxylation sites is 2. The fourth-order valence-corrected chi connectivity index (χ4v) is 2.33. The number of halogens is 3. The molecular weight excluding hydrogens is 328 g/mol. The highest BCUT2D eigenvalue weighted by molar-refractivity contribution is 6.39. The number of hydrogen-bond donors (Lipinski definition) is 1. The molecular formula is C16H14Cl2FNO2. The van der Waals surface area contributed by atoms with Gasteiger partial charge in [-0.1, -0.05) is 48.3 Å². The van der Waals surface area contributed by atoms with Crippen molar-refractivity contribution in [1.29, 1.82) is 0 Å². The molecule has 3 nitrogen and oxygen atoms in total. The summed E-state index contributed by atoms with van der Waals surface area (Å²) in [7, 11) is 0. The molecule has 6 heteroatoms. The van der Waals surface area contributed by atoms with Crippen LogP contribution in [-0.4, -0.2) is 12.0 Å². The third kappa shape index (κ3) is 3.90. The summed E-state index contributed by atoms with van der Waals surface area (Å²) >= 11 is 12.0. The number of anilines is 1. The normalized spacial score (nSPS) is 11.8. The third-order valence-electron chi connectivity index (χ3n) is 2.98. The van der Waals surface area contributed by atoms with E-state index in [9.17, 15) is 9.18 Å². The Morgan fingerprint density at radius 1 is 1.18 bits per heavy atom. The van der Waals surface area contributed by atoms with Gasteiger partial charge in [-0.15, -0.1) is 0 Å². The largest absolute Gasteiger partial charge is 0.478 e. The molecule has 2 aromatic carbocycles. The quantitative estimate of drug-likeness (QED) is 0.837. The summed E-state index contributed by atoms with van der Waals surface area (Å²) < 4.78 is 19.0. The fraction of sp³-hybridized carbons (Fsp3) is 0.188. The van der Waals surface area contributed by atoms with E-state index in [0.717, 1.165) is 0 Å². The van der Waals surface area contributed by atoms with Crippen LogP contribution in [0.2, 0.25) is 10.0 Å². The molecule has 0 aromatic heterocycles. The Labute approximate surface area is 138 Å². The average Bonchev–Trinajstić information content (AvgIpc) is 2.50. The molecule has 2 rings (SSSR count). The second kappa shape index (κ2) is 7.47. The Balaban J connectivity index is 2.14. The molecule has 0 heterocycles. The SMILES string of the molecule is CC[C@@H](Oc1ccccc1F)C(=O)Nc1c(Cl)cccc1Cl. The first-order chi connectivity index (χ1) is 10.5. The van der Waals surface area contributed by atoms with Gasteiger partial charge in [-0.2, -0.15) is 0 Å². The van der Waals surface area contributed by atoms with E-state index in [4.69, 9.17) is 27.9 Å². The van der Waals surface area contributed by atoms with E-state index >= 15 is 0 Å². The maximum atomic E-state index is 13.6. The van der Waals surface area contributed by atoms with E-state index in [-0.39, 0.29) is 5.75 Å². The molecule has 0 saturated heterocycles. The number of hydrogen-bond acceptors (Lipinski definition) is 2. The van der Waals surface area contributed by atoms with Crippen LogP contribution >= 0.6 is 23.2 Å². The van der Waals surface area contributed by atoms with E-state index in [1.807, 2.05) is 0 Å². The fourth-order valence-electron chi connectivity index (χ4n) is 1.84. The number of carbonyl (C=O) groups excluding carboxylic acids is 1. The number of benzene rings is 2. The van der Waals surface area contributed by atoms with Crippen molar-refractivity contribution in [3.8, 4) is 5.75 Å². The number of ether oxygens (including phenoxy) is 1. The summed E-state index contributed by atoms with van der Waals surface area (Å²) in [6, 6.07) is 10.8. The number of nitrogens with one attached hydrogen (secondary N) is 1. The lowest BCUT2D eigenvalue weighted by molar-refractivity contribution is -0.122. The zero-order chi connectivity index (χ0) is 16.1. The molecule has 0 radical (unpaired) electrons. The zero-order valence-corrected chi connectivity index (χ0v) is 13.3. The average molecular weight is 342 g/mol. The molecule has 1 amide bonds. The maximum absolute atomic E-state index is 13.6. The Morgan fingerprint density at radius 3 is 2.41 bits per heavy atom. The van der Waals surface area contributed by atoms with E-state index in [2.05, 4.69) is 5.32 Å². The van der Waals surface area contributed by atoms with Crippen LogP contribution in [0.5, 0.6) is 5.75 Å². The summed E-state index contributed by atoms with van der Waals surface area (Å²) in [5.74, 6) is -0.944. The van der Waals surface area contributed by atoms with Gasteiger partial charge in [-0.3, -0.25) is 4.79 Å². The summed E-state index contributed by atoms with van der Waals surface area (Å²) in [5, 5.41) is 3.26. The van der Waals surface area contributed by atoms with E-state index in [1.165, 1.54) is 12.1 Å². The second-order valence-electron chi connectivity index (χ2n) is 4.53. The van der Waals surface area contributed by atoms with Crippen LogP contribution in [0.25, 0.3) is 0 Å². The number of carbonyl (C=O) groups is 1. The number of amides is 1. The van der Waals surface area contributed by atoms with Crippen LogP contribution in [0.3, 0.4) is 0 Å². The molecule has 0 bridgehead atoms. The van der Waals surface area contributed by atoms with Gasteiger partial charge in [0.25, 0.3) is 5.91 Å². The lowest BCUT2D eigenvalue weighted by Gasteiger charge is -2.18. The third-order valence-corrected chi connectivity index (χ3v) is 3.61. The first-order valence-corrected chi connectivity index (χ1v) is 7.44. The molecule has 1 atom stereocenters. The molecule has 0 saturated carbocycles. The summed E-state index contributed by atoms with van der Waals surface area (Å²) in [5.41, 5.74) is 0.311. The minimum atomic E-state index is -0.857. The summed E-state index contributed by atoms with van der Waals surface area (Å²) in [4.78, 5) is 12.3. The van der Waals surface area contributed by atoms with Gasteiger partial charge in [0.05, 0.1) is 15.7 Å². The van der Waals surface area contributed by atoms with Crippen LogP contribution in [0.4, 0.5) is 10.1 Å². The van der Waals surface area contributed by atoms with Crippen molar-refractivity contribution in [1.82, 2.24) is 0 Å². The Kier molecular flexibility index (Phi) is 5.63. The molecule has 22 heavy (non-hydrogen) atoms. The minimum absolute atomic E-state index is 0.0229. The highest BCUT2D eigenvalue weighted by Gasteiger charge is 2.21. The molecule has 116 valence electrons. The van der Waals surface area contributed by atoms with Crippen LogP contribution in [0.15, 0.2) is 42.5 Å². The molecule has 1 N–H and O–H groups in total. The Morgan fingerprint density at radius 2 is 1.82 bits per heavy atom. The van der Waals surface area contributed by atoms with Gasteiger partial charge in [0.2, 0.25) is 0 Å². The summed E-state index contributed by atoms with van der Waals surface area (Å²) in [6.45, 7) is 1.76. The van der Waals surface area contributed by atoms with Crippen molar-refractivity contribution >= 4 is 34.8 Å². The lowest BCUT2D eigenvalue weighted by atomic mass is 10.2. The van der Waals surface area contributed by atoms with E-state index in [0.29, 0.717) is 22.2 Å². The number of rotatable bonds is 5. The second-order valence-corrected chi connectivity index (χ2v) is 5.35. The van der Waals surface area contributed by atoms with Crippen LogP contribution < -0.4 is 10.1 Å². The van der Waals surface area contributed by atoms with Crippen LogP contribution in [0.1, 0.15) is 13.3 Å². The highest BCUT2D eigenvalue weighted by Crippen LogP contribution is 2.30. The molecule has 0 unspecified atom stereocenters. The van der Waals surface area contributed by atoms with Gasteiger partial charge in [-0.25, -0.2) is 4.39 Å². The minimum Gasteiger partial charge on any atom is -0.478 e. The van der Waals surface area contributed by atoms with Crippen molar-refractivity contribution in [3.05, 3.63) is 58.3 Å². The van der Waals surface area contributed by atoms with Gasteiger partial charge >= 0.3 is 0 Å². The van der Waals surface area contributed by atoms with Crippen molar-refractivity contribution in [2.24, 2.45) is 0 Å². The van der Waals surface area contributed by atoms with Gasteiger partial charge < -0.3 is 10.1 Å².